The van der Waals surface area contributed by atoms with Crippen LogP contribution in [0.4, 0.5) is 5.82 Å². The molecule has 1 aliphatic rings. The Kier molecular flexibility index (Phi) is 3.51. The molecule has 112 valence electrons. The topological polar surface area (TPSA) is 66.9 Å². The quantitative estimate of drug-likeness (QED) is 0.723. The Morgan fingerprint density at radius 2 is 2.14 bits per heavy atom. The summed E-state index contributed by atoms with van der Waals surface area (Å²) in [5, 5.41) is 2.95. The number of anilines is 1. The van der Waals surface area contributed by atoms with E-state index >= 15 is 0 Å². The van der Waals surface area contributed by atoms with Crippen molar-refractivity contribution in [3.8, 4) is 0 Å². The number of nitrogens with one attached hydrogen (secondary N) is 2. The summed E-state index contributed by atoms with van der Waals surface area (Å²) in [7, 11) is 0. The van der Waals surface area contributed by atoms with Crippen LogP contribution in [0.3, 0.4) is 0 Å². The molecule has 0 unspecified atom stereocenters. The average Bonchev–Trinajstić information content (AvgIpc) is 3.19. The number of carbonyl (C=O) groups excluding carboxylic acids is 1. The number of hydrazine groups is 1. The number of rotatable bonds is 3. The maximum absolute atomic E-state index is 12.0. The molecule has 1 amide bonds. The van der Waals surface area contributed by atoms with Gasteiger partial charge in [-0.15, -0.1) is 22.7 Å². The molecule has 3 aromatic rings. The first-order chi connectivity index (χ1) is 10.8. The maximum Gasteiger partial charge on any atom is 0.279 e. The predicted molar refractivity (Wildman–Crippen MR) is 89.5 cm³/mol. The van der Waals surface area contributed by atoms with E-state index < -0.39 is 0 Å². The third-order valence-corrected chi connectivity index (χ3v) is 5.86. The summed E-state index contributed by atoms with van der Waals surface area (Å²) >= 11 is 3.16. The van der Waals surface area contributed by atoms with Crippen molar-refractivity contribution in [2.24, 2.45) is 0 Å². The van der Waals surface area contributed by atoms with Gasteiger partial charge in [-0.3, -0.25) is 15.6 Å². The third-order valence-electron chi connectivity index (χ3n) is 3.79. The number of thiophene rings is 2. The van der Waals surface area contributed by atoms with Gasteiger partial charge in [-0.25, -0.2) is 9.97 Å². The average molecular weight is 330 g/mol. The number of amides is 1. The van der Waals surface area contributed by atoms with Crippen molar-refractivity contribution in [1.29, 1.82) is 0 Å². The first kappa shape index (κ1) is 13.7. The number of hydrogen-bond donors (Lipinski definition) is 2. The van der Waals surface area contributed by atoms with Gasteiger partial charge in [0.25, 0.3) is 5.91 Å². The van der Waals surface area contributed by atoms with E-state index in [2.05, 4.69) is 20.8 Å². The van der Waals surface area contributed by atoms with Gasteiger partial charge >= 0.3 is 0 Å². The highest BCUT2D eigenvalue weighted by molar-refractivity contribution is 7.19. The van der Waals surface area contributed by atoms with Crippen molar-refractivity contribution < 1.29 is 4.79 Å². The van der Waals surface area contributed by atoms with Gasteiger partial charge in [0.05, 0.1) is 10.3 Å². The van der Waals surface area contributed by atoms with Crippen LogP contribution in [0.1, 0.15) is 33.0 Å². The SMILES string of the molecule is O=C(NNc1ncnc2sc3c(c12)CCCC3)c1cccs1. The third kappa shape index (κ3) is 2.36. The molecule has 0 radical (unpaired) electrons. The van der Waals surface area contributed by atoms with Crippen LogP contribution in [0.2, 0.25) is 0 Å². The zero-order chi connectivity index (χ0) is 14.9. The summed E-state index contributed by atoms with van der Waals surface area (Å²) in [5.74, 6) is 0.542. The second-order valence-electron chi connectivity index (χ2n) is 5.17. The van der Waals surface area contributed by atoms with Crippen LogP contribution < -0.4 is 10.9 Å². The van der Waals surface area contributed by atoms with E-state index in [1.165, 1.54) is 34.6 Å². The van der Waals surface area contributed by atoms with E-state index in [1.807, 2.05) is 11.4 Å². The van der Waals surface area contributed by atoms with E-state index in [0.717, 1.165) is 23.1 Å². The molecular formula is C15H14N4OS2. The fourth-order valence-corrected chi connectivity index (χ4v) is 4.62. The normalized spacial score (nSPS) is 13.8. The van der Waals surface area contributed by atoms with Gasteiger partial charge in [0, 0.05) is 4.88 Å². The molecule has 0 aliphatic heterocycles. The lowest BCUT2D eigenvalue weighted by molar-refractivity contribution is 0.0966. The van der Waals surface area contributed by atoms with E-state index in [0.29, 0.717) is 10.7 Å². The standard InChI is InChI=1S/C15H14N4OS2/c20-14(11-6-3-7-21-11)19-18-13-12-9-4-1-2-5-10(9)22-15(12)17-8-16-13/h3,6-8H,1-2,4-5H2,(H,19,20)(H,16,17,18). The monoisotopic (exact) mass is 330 g/mol. The summed E-state index contributed by atoms with van der Waals surface area (Å²) in [5.41, 5.74) is 7.05. The van der Waals surface area contributed by atoms with Gasteiger partial charge in [0.1, 0.15) is 11.2 Å². The van der Waals surface area contributed by atoms with Crippen LogP contribution in [0.15, 0.2) is 23.8 Å². The summed E-state index contributed by atoms with van der Waals surface area (Å²) in [6.07, 6.45) is 6.18. The molecule has 4 rings (SSSR count). The first-order valence-corrected chi connectivity index (χ1v) is 8.87. The highest BCUT2D eigenvalue weighted by Crippen LogP contribution is 2.37. The summed E-state index contributed by atoms with van der Waals surface area (Å²) in [4.78, 5) is 23.8. The van der Waals surface area contributed by atoms with Gasteiger partial charge in [0.15, 0.2) is 5.82 Å². The number of aromatic nitrogens is 2. The van der Waals surface area contributed by atoms with Gasteiger partial charge < -0.3 is 0 Å². The molecule has 0 saturated heterocycles. The van der Waals surface area contributed by atoms with Crippen LogP contribution in [0.25, 0.3) is 10.2 Å². The van der Waals surface area contributed by atoms with E-state index in [-0.39, 0.29) is 5.91 Å². The molecule has 0 bridgehead atoms. The Hall–Kier alpha value is -1.99. The van der Waals surface area contributed by atoms with Crippen molar-refractivity contribution in [2.75, 3.05) is 5.43 Å². The number of fused-ring (bicyclic) bond motifs is 3. The molecule has 0 aromatic carbocycles. The molecule has 3 heterocycles. The van der Waals surface area contributed by atoms with Gasteiger partial charge in [-0.1, -0.05) is 6.07 Å². The lowest BCUT2D eigenvalue weighted by atomic mass is 9.97. The van der Waals surface area contributed by atoms with Gasteiger partial charge in [-0.05, 0) is 42.7 Å². The molecular weight excluding hydrogens is 316 g/mol. The van der Waals surface area contributed by atoms with Crippen molar-refractivity contribution in [2.45, 2.75) is 25.7 Å². The largest absolute Gasteiger partial charge is 0.281 e. The van der Waals surface area contributed by atoms with Gasteiger partial charge in [-0.2, -0.15) is 0 Å². The lowest BCUT2D eigenvalue weighted by Crippen LogP contribution is -2.29. The Labute approximate surface area is 135 Å². The zero-order valence-electron chi connectivity index (χ0n) is 11.8. The van der Waals surface area contributed by atoms with Crippen LogP contribution in [-0.2, 0) is 12.8 Å². The summed E-state index contributed by atoms with van der Waals surface area (Å²) < 4.78 is 0. The molecule has 2 N–H and O–H groups in total. The van der Waals surface area contributed by atoms with E-state index in [1.54, 1.807) is 23.7 Å². The first-order valence-electron chi connectivity index (χ1n) is 7.18. The fourth-order valence-electron chi connectivity index (χ4n) is 2.77. The van der Waals surface area contributed by atoms with E-state index in [4.69, 9.17) is 0 Å². The lowest BCUT2D eigenvalue weighted by Gasteiger charge is -2.12. The van der Waals surface area contributed by atoms with Crippen molar-refractivity contribution in [3.63, 3.8) is 0 Å². The summed E-state index contributed by atoms with van der Waals surface area (Å²) in [6, 6.07) is 3.65. The molecule has 0 saturated carbocycles. The maximum atomic E-state index is 12.0. The molecule has 5 nitrogen and oxygen atoms in total. The Bertz CT molecular complexity index is 826. The number of hydrogen-bond acceptors (Lipinski definition) is 6. The van der Waals surface area contributed by atoms with Crippen LogP contribution in [0.5, 0.6) is 0 Å². The molecule has 22 heavy (non-hydrogen) atoms. The fraction of sp³-hybridized carbons (Fsp3) is 0.267. The number of nitrogens with zero attached hydrogens (tertiary/aromatic N) is 2. The smallest absolute Gasteiger partial charge is 0.279 e. The highest BCUT2D eigenvalue weighted by atomic mass is 32.1. The molecule has 0 spiro atoms. The molecule has 0 fully saturated rings. The van der Waals surface area contributed by atoms with E-state index in [9.17, 15) is 4.79 Å². The molecule has 3 aromatic heterocycles. The predicted octanol–water partition coefficient (Wildman–Crippen LogP) is 3.39. The molecule has 0 atom stereocenters. The van der Waals surface area contributed by atoms with Crippen molar-refractivity contribution in [1.82, 2.24) is 15.4 Å². The minimum atomic E-state index is -0.147. The van der Waals surface area contributed by atoms with Crippen LogP contribution in [-0.4, -0.2) is 15.9 Å². The summed E-state index contributed by atoms with van der Waals surface area (Å²) in [6.45, 7) is 0. The number of aryl methyl sites for hydroxylation is 2. The Balaban J connectivity index is 1.64. The minimum absolute atomic E-state index is 0.147. The second kappa shape index (κ2) is 5.66. The molecule has 1 aliphatic carbocycles. The second-order valence-corrected chi connectivity index (χ2v) is 7.20. The molecule has 7 heteroatoms. The zero-order valence-corrected chi connectivity index (χ0v) is 13.4. The Morgan fingerprint density at radius 1 is 1.23 bits per heavy atom. The number of carbonyl (C=O) groups is 1. The van der Waals surface area contributed by atoms with Crippen LogP contribution in [0, 0.1) is 0 Å². The van der Waals surface area contributed by atoms with Crippen molar-refractivity contribution in [3.05, 3.63) is 39.2 Å². The van der Waals surface area contributed by atoms with Crippen LogP contribution >= 0.6 is 22.7 Å². The van der Waals surface area contributed by atoms with Gasteiger partial charge in [0.2, 0.25) is 0 Å². The highest BCUT2D eigenvalue weighted by Gasteiger charge is 2.20. The Morgan fingerprint density at radius 3 is 3.00 bits per heavy atom. The van der Waals surface area contributed by atoms with Crippen molar-refractivity contribution >= 4 is 44.6 Å². The minimum Gasteiger partial charge on any atom is -0.281 e.